The molecule has 1 unspecified atom stereocenters. The van der Waals surface area contributed by atoms with Crippen molar-refractivity contribution in [2.75, 3.05) is 11.9 Å². The lowest BCUT2D eigenvalue weighted by atomic mass is 10.1. The van der Waals surface area contributed by atoms with E-state index in [0.29, 0.717) is 16.5 Å². The second-order valence-electron chi connectivity index (χ2n) is 4.58. The lowest BCUT2D eigenvalue weighted by molar-refractivity contribution is -0.139. The number of hydrogen-bond acceptors (Lipinski definition) is 4. The number of nitrogens with one attached hydrogen (secondary N) is 1. The van der Waals surface area contributed by atoms with Crippen molar-refractivity contribution in [3.8, 4) is 0 Å². The molecule has 6 heteroatoms. The summed E-state index contributed by atoms with van der Waals surface area (Å²) < 4.78 is 0. The van der Waals surface area contributed by atoms with Gasteiger partial charge >= 0.3 is 0 Å². The predicted molar refractivity (Wildman–Crippen MR) is 72.7 cm³/mol. The van der Waals surface area contributed by atoms with Crippen LogP contribution in [0.5, 0.6) is 0 Å². The van der Waals surface area contributed by atoms with Crippen LogP contribution in [0.3, 0.4) is 0 Å². The molecule has 19 heavy (non-hydrogen) atoms. The molecule has 0 spiro atoms. The number of likely N-dealkylation sites (tertiary alicyclic amines) is 1. The zero-order chi connectivity index (χ0) is 14.0. The first-order valence-corrected chi connectivity index (χ1v) is 6.64. The molecule has 2 heterocycles. The predicted octanol–water partition coefficient (Wildman–Crippen LogP) is 2.06. The third-order valence-electron chi connectivity index (χ3n) is 3.05. The van der Waals surface area contributed by atoms with E-state index in [2.05, 4.69) is 10.3 Å². The van der Waals surface area contributed by atoms with Crippen LogP contribution in [0.15, 0.2) is 12.1 Å². The van der Waals surface area contributed by atoms with Crippen LogP contribution in [0, 0.1) is 5.92 Å². The Morgan fingerprint density at radius 1 is 1.47 bits per heavy atom. The molecule has 1 atom stereocenters. The van der Waals surface area contributed by atoms with Crippen molar-refractivity contribution in [1.82, 2.24) is 9.88 Å². The molecule has 1 aliphatic rings. The Morgan fingerprint density at radius 2 is 2.21 bits per heavy atom. The number of amides is 2. The minimum absolute atomic E-state index is 0.139. The van der Waals surface area contributed by atoms with Crippen molar-refractivity contribution in [3.05, 3.63) is 22.8 Å². The van der Waals surface area contributed by atoms with E-state index in [-0.39, 0.29) is 30.7 Å². The first-order valence-electron chi connectivity index (χ1n) is 6.26. The van der Waals surface area contributed by atoms with E-state index in [1.54, 1.807) is 19.1 Å². The topological polar surface area (TPSA) is 62.3 Å². The maximum absolute atomic E-state index is 11.9. The highest BCUT2D eigenvalue weighted by Crippen LogP contribution is 2.24. The number of aromatic nitrogens is 1. The number of imide groups is 1. The Hall–Kier alpha value is -1.62. The van der Waals surface area contributed by atoms with Gasteiger partial charge in [-0.3, -0.25) is 14.5 Å². The number of carbonyl (C=O) groups is 2. The van der Waals surface area contributed by atoms with Crippen molar-refractivity contribution in [2.45, 2.75) is 26.8 Å². The van der Waals surface area contributed by atoms with Crippen LogP contribution in [0.2, 0.25) is 5.02 Å². The Kier molecular flexibility index (Phi) is 4.04. The van der Waals surface area contributed by atoms with Gasteiger partial charge in [0.25, 0.3) is 0 Å². The first-order chi connectivity index (χ1) is 9.02. The molecule has 0 saturated carbocycles. The van der Waals surface area contributed by atoms with Gasteiger partial charge in [0.1, 0.15) is 5.82 Å². The summed E-state index contributed by atoms with van der Waals surface area (Å²) in [6, 6.07) is 3.49. The van der Waals surface area contributed by atoms with Crippen molar-refractivity contribution < 1.29 is 9.59 Å². The summed E-state index contributed by atoms with van der Waals surface area (Å²) in [7, 11) is 0. The van der Waals surface area contributed by atoms with Gasteiger partial charge < -0.3 is 5.32 Å². The average Bonchev–Trinajstić information content (AvgIpc) is 2.60. The molecule has 0 radical (unpaired) electrons. The number of rotatable bonds is 4. The first kappa shape index (κ1) is 13.8. The van der Waals surface area contributed by atoms with Crippen LogP contribution in [-0.2, 0) is 16.1 Å². The summed E-state index contributed by atoms with van der Waals surface area (Å²) in [5.41, 5.74) is 0.538. The normalized spacial score (nSPS) is 19.1. The summed E-state index contributed by atoms with van der Waals surface area (Å²) >= 11 is 6.07. The number of halogens is 1. The fourth-order valence-corrected chi connectivity index (χ4v) is 2.20. The maximum Gasteiger partial charge on any atom is 0.232 e. The van der Waals surface area contributed by atoms with Crippen LogP contribution >= 0.6 is 11.6 Å². The van der Waals surface area contributed by atoms with E-state index in [9.17, 15) is 9.59 Å². The summed E-state index contributed by atoms with van der Waals surface area (Å²) in [4.78, 5) is 29.2. The van der Waals surface area contributed by atoms with Gasteiger partial charge in [-0.05, 0) is 19.1 Å². The Balaban J connectivity index is 2.21. The van der Waals surface area contributed by atoms with E-state index in [1.807, 2.05) is 6.92 Å². The van der Waals surface area contributed by atoms with Gasteiger partial charge in [0.2, 0.25) is 11.8 Å². The van der Waals surface area contributed by atoms with Gasteiger partial charge in [-0.1, -0.05) is 18.5 Å². The molecule has 2 amide bonds. The molecule has 0 aromatic carbocycles. The minimum atomic E-state index is -0.247. The van der Waals surface area contributed by atoms with Crippen molar-refractivity contribution in [1.29, 1.82) is 0 Å². The molecule has 1 saturated heterocycles. The molecule has 5 nitrogen and oxygen atoms in total. The van der Waals surface area contributed by atoms with Crippen molar-refractivity contribution in [3.63, 3.8) is 0 Å². The summed E-state index contributed by atoms with van der Waals surface area (Å²) in [6.07, 6.45) is 0.267. The highest BCUT2D eigenvalue weighted by atomic mass is 35.5. The lowest BCUT2D eigenvalue weighted by Gasteiger charge is -2.15. The van der Waals surface area contributed by atoms with E-state index in [1.165, 1.54) is 4.90 Å². The molecule has 0 bridgehead atoms. The smallest absolute Gasteiger partial charge is 0.232 e. The van der Waals surface area contributed by atoms with Crippen LogP contribution < -0.4 is 5.32 Å². The van der Waals surface area contributed by atoms with E-state index in [0.717, 1.165) is 6.54 Å². The monoisotopic (exact) mass is 281 g/mol. The van der Waals surface area contributed by atoms with E-state index in [4.69, 9.17) is 11.6 Å². The number of nitrogens with zero attached hydrogens (tertiary/aromatic N) is 2. The Morgan fingerprint density at radius 3 is 2.79 bits per heavy atom. The zero-order valence-corrected chi connectivity index (χ0v) is 11.7. The Bertz CT molecular complexity index is 519. The molecule has 102 valence electrons. The van der Waals surface area contributed by atoms with Gasteiger partial charge in [0.05, 0.1) is 17.3 Å². The molecular weight excluding hydrogens is 266 g/mol. The second kappa shape index (κ2) is 5.57. The summed E-state index contributed by atoms with van der Waals surface area (Å²) in [5.74, 6) is 0.123. The highest BCUT2D eigenvalue weighted by Gasteiger charge is 2.35. The Labute approximate surface area is 117 Å². The zero-order valence-electron chi connectivity index (χ0n) is 10.9. The number of pyridine rings is 1. The van der Waals surface area contributed by atoms with Gasteiger partial charge in [-0.15, -0.1) is 0 Å². The third-order valence-corrected chi connectivity index (χ3v) is 3.40. The van der Waals surface area contributed by atoms with Crippen molar-refractivity contribution >= 4 is 29.2 Å². The molecule has 1 aliphatic heterocycles. The largest absolute Gasteiger partial charge is 0.370 e. The molecule has 0 aliphatic carbocycles. The third kappa shape index (κ3) is 2.87. The van der Waals surface area contributed by atoms with Gasteiger partial charge in [0, 0.05) is 18.9 Å². The summed E-state index contributed by atoms with van der Waals surface area (Å²) in [5, 5.41) is 3.53. The maximum atomic E-state index is 11.9. The standard InChI is InChI=1S/C13H16ClN3O2/c1-3-15-11-5-4-9(14)10(16-11)7-17-12(18)6-8(2)13(17)19/h4-5,8H,3,6-7H2,1-2H3,(H,15,16). The van der Waals surface area contributed by atoms with Gasteiger partial charge in [0.15, 0.2) is 0 Å². The molecule has 1 aromatic rings. The minimum Gasteiger partial charge on any atom is -0.370 e. The second-order valence-corrected chi connectivity index (χ2v) is 4.99. The van der Waals surface area contributed by atoms with Crippen LogP contribution in [0.4, 0.5) is 5.82 Å². The fourth-order valence-electron chi connectivity index (χ4n) is 2.04. The van der Waals surface area contributed by atoms with Gasteiger partial charge in [-0.25, -0.2) is 4.98 Å². The molecule has 1 N–H and O–H groups in total. The van der Waals surface area contributed by atoms with E-state index >= 15 is 0 Å². The number of hydrogen-bond donors (Lipinski definition) is 1. The lowest BCUT2D eigenvalue weighted by Crippen LogP contribution is -2.30. The summed E-state index contributed by atoms with van der Waals surface area (Å²) in [6.45, 7) is 4.60. The van der Waals surface area contributed by atoms with Crippen LogP contribution in [0.1, 0.15) is 26.0 Å². The van der Waals surface area contributed by atoms with E-state index < -0.39 is 0 Å². The molecular formula is C13H16ClN3O2. The van der Waals surface area contributed by atoms with Crippen LogP contribution in [0.25, 0.3) is 0 Å². The van der Waals surface area contributed by atoms with Crippen LogP contribution in [-0.4, -0.2) is 28.2 Å². The fraction of sp³-hybridized carbons (Fsp3) is 0.462. The van der Waals surface area contributed by atoms with Gasteiger partial charge in [-0.2, -0.15) is 0 Å². The average molecular weight is 282 g/mol. The molecule has 2 rings (SSSR count). The van der Waals surface area contributed by atoms with Crippen molar-refractivity contribution in [2.24, 2.45) is 5.92 Å². The number of anilines is 1. The quantitative estimate of drug-likeness (QED) is 0.858. The number of carbonyl (C=O) groups excluding carboxylic acids is 2. The molecule has 1 fully saturated rings. The SMILES string of the molecule is CCNc1ccc(Cl)c(CN2C(=O)CC(C)C2=O)n1. The molecule has 1 aromatic heterocycles. The highest BCUT2D eigenvalue weighted by molar-refractivity contribution is 6.31.